The predicted molar refractivity (Wildman–Crippen MR) is 74.7 cm³/mol. The van der Waals surface area contributed by atoms with Gasteiger partial charge in [-0.1, -0.05) is 17.7 Å². The standard InChI is InChI=1S/C12H18ClN3O2/c1-16(2)11-9(13)5-4-6-10(11)15-12(17)14-7-8-18-3/h4-6H,7-8H2,1-3H3,(H2,14,15,17). The summed E-state index contributed by atoms with van der Waals surface area (Å²) in [7, 11) is 5.32. The number of benzene rings is 1. The number of para-hydroxylation sites is 1. The van der Waals surface area contributed by atoms with Gasteiger partial charge in [-0.15, -0.1) is 0 Å². The average molecular weight is 272 g/mol. The fourth-order valence-corrected chi connectivity index (χ4v) is 1.85. The number of amides is 2. The molecule has 1 aromatic rings. The number of methoxy groups -OCH3 is 1. The molecule has 0 saturated heterocycles. The topological polar surface area (TPSA) is 53.6 Å². The van der Waals surface area contributed by atoms with Crippen molar-refractivity contribution in [1.82, 2.24) is 5.32 Å². The van der Waals surface area contributed by atoms with Crippen LogP contribution in [0.5, 0.6) is 0 Å². The first-order chi connectivity index (χ1) is 8.56. The van der Waals surface area contributed by atoms with Crippen LogP contribution in [0.1, 0.15) is 0 Å². The normalized spacial score (nSPS) is 10.0. The van der Waals surface area contributed by atoms with Gasteiger partial charge in [0.15, 0.2) is 0 Å². The van der Waals surface area contributed by atoms with E-state index in [1.807, 2.05) is 19.0 Å². The maximum Gasteiger partial charge on any atom is 0.319 e. The Morgan fingerprint density at radius 1 is 1.44 bits per heavy atom. The number of nitrogens with one attached hydrogen (secondary N) is 2. The van der Waals surface area contributed by atoms with Crippen molar-refractivity contribution in [3.8, 4) is 0 Å². The third-order valence-corrected chi connectivity index (χ3v) is 2.58. The first kappa shape index (κ1) is 14.6. The lowest BCUT2D eigenvalue weighted by Crippen LogP contribution is -2.31. The quantitative estimate of drug-likeness (QED) is 0.807. The van der Waals surface area contributed by atoms with Crippen molar-refractivity contribution in [3.63, 3.8) is 0 Å². The Labute approximate surface area is 112 Å². The zero-order chi connectivity index (χ0) is 13.5. The molecule has 0 aliphatic carbocycles. The van der Waals surface area contributed by atoms with E-state index in [2.05, 4.69) is 10.6 Å². The summed E-state index contributed by atoms with van der Waals surface area (Å²) in [6.07, 6.45) is 0. The molecule has 0 aliphatic heterocycles. The van der Waals surface area contributed by atoms with Crippen LogP contribution in [0.2, 0.25) is 5.02 Å². The number of hydrogen-bond acceptors (Lipinski definition) is 3. The third-order valence-electron chi connectivity index (χ3n) is 2.27. The van der Waals surface area contributed by atoms with Crippen LogP contribution < -0.4 is 15.5 Å². The monoisotopic (exact) mass is 271 g/mol. The summed E-state index contributed by atoms with van der Waals surface area (Å²) < 4.78 is 4.85. The predicted octanol–water partition coefficient (Wildman–Crippen LogP) is 2.17. The van der Waals surface area contributed by atoms with Gasteiger partial charge in [0, 0.05) is 27.7 Å². The lowest BCUT2D eigenvalue weighted by Gasteiger charge is -2.19. The number of rotatable bonds is 5. The molecule has 0 aromatic heterocycles. The van der Waals surface area contributed by atoms with Crippen molar-refractivity contribution in [1.29, 1.82) is 0 Å². The Hall–Kier alpha value is -1.46. The van der Waals surface area contributed by atoms with Gasteiger partial charge < -0.3 is 20.3 Å². The lowest BCUT2D eigenvalue weighted by atomic mass is 10.2. The first-order valence-corrected chi connectivity index (χ1v) is 5.93. The fourth-order valence-electron chi connectivity index (χ4n) is 1.50. The molecular weight excluding hydrogens is 254 g/mol. The van der Waals surface area contributed by atoms with Crippen molar-refractivity contribution in [2.45, 2.75) is 0 Å². The number of anilines is 2. The summed E-state index contributed by atoms with van der Waals surface area (Å²) in [5, 5.41) is 6.03. The number of urea groups is 1. The smallest absolute Gasteiger partial charge is 0.319 e. The number of carbonyl (C=O) groups is 1. The number of ether oxygens (including phenoxy) is 1. The second kappa shape index (κ2) is 7.08. The maximum absolute atomic E-state index is 11.6. The number of halogens is 1. The van der Waals surface area contributed by atoms with Gasteiger partial charge in [0.25, 0.3) is 0 Å². The van der Waals surface area contributed by atoms with Crippen LogP contribution >= 0.6 is 11.6 Å². The number of carbonyl (C=O) groups excluding carboxylic acids is 1. The molecule has 0 heterocycles. The highest BCUT2D eigenvalue weighted by atomic mass is 35.5. The Morgan fingerprint density at radius 2 is 2.17 bits per heavy atom. The SMILES string of the molecule is COCCNC(=O)Nc1cccc(Cl)c1N(C)C. The van der Waals surface area contributed by atoms with Crippen molar-refractivity contribution >= 4 is 29.0 Å². The second-order valence-corrected chi connectivity index (χ2v) is 4.31. The van der Waals surface area contributed by atoms with Gasteiger partial charge in [-0.3, -0.25) is 0 Å². The number of nitrogens with zero attached hydrogens (tertiary/aromatic N) is 1. The van der Waals surface area contributed by atoms with E-state index in [-0.39, 0.29) is 6.03 Å². The summed E-state index contributed by atoms with van der Waals surface area (Å²) in [5.74, 6) is 0. The van der Waals surface area contributed by atoms with E-state index in [0.29, 0.717) is 23.9 Å². The van der Waals surface area contributed by atoms with Crippen molar-refractivity contribution < 1.29 is 9.53 Å². The zero-order valence-electron chi connectivity index (χ0n) is 10.8. The van der Waals surface area contributed by atoms with Crippen molar-refractivity contribution in [3.05, 3.63) is 23.2 Å². The first-order valence-electron chi connectivity index (χ1n) is 5.56. The van der Waals surface area contributed by atoms with Gasteiger partial charge in [-0.25, -0.2) is 4.79 Å². The van der Waals surface area contributed by atoms with Gasteiger partial charge in [0.1, 0.15) is 0 Å². The van der Waals surface area contributed by atoms with Crippen LogP contribution in [0.4, 0.5) is 16.2 Å². The Morgan fingerprint density at radius 3 is 2.78 bits per heavy atom. The van der Waals surface area contributed by atoms with Crippen LogP contribution in [0.25, 0.3) is 0 Å². The van der Waals surface area contributed by atoms with Gasteiger partial charge >= 0.3 is 6.03 Å². The van der Waals surface area contributed by atoms with Gasteiger partial charge in [-0.05, 0) is 12.1 Å². The summed E-state index contributed by atoms with van der Waals surface area (Å²) in [6.45, 7) is 0.934. The van der Waals surface area contributed by atoms with Gasteiger partial charge in [0.2, 0.25) is 0 Å². The number of hydrogen-bond donors (Lipinski definition) is 2. The van der Waals surface area contributed by atoms with E-state index >= 15 is 0 Å². The third kappa shape index (κ3) is 4.09. The molecule has 2 N–H and O–H groups in total. The van der Waals surface area contributed by atoms with E-state index in [1.165, 1.54) is 0 Å². The summed E-state index contributed by atoms with van der Waals surface area (Å²) in [4.78, 5) is 13.5. The minimum atomic E-state index is -0.280. The maximum atomic E-state index is 11.6. The molecule has 2 amide bonds. The van der Waals surface area contributed by atoms with Gasteiger partial charge in [-0.2, -0.15) is 0 Å². The molecule has 0 bridgehead atoms. The minimum absolute atomic E-state index is 0.280. The van der Waals surface area contributed by atoms with Crippen LogP contribution in [-0.2, 0) is 4.74 Å². The van der Waals surface area contributed by atoms with E-state index < -0.39 is 0 Å². The summed E-state index contributed by atoms with van der Waals surface area (Å²) in [5.41, 5.74) is 1.45. The molecule has 0 saturated carbocycles. The van der Waals surface area contributed by atoms with E-state index in [4.69, 9.17) is 16.3 Å². The molecule has 5 nitrogen and oxygen atoms in total. The zero-order valence-corrected chi connectivity index (χ0v) is 11.5. The fraction of sp³-hybridized carbons (Fsp3) is 0.417. The summed E-state index contributed by atoms with van der Waals surface area (Å²) >= 11 is 6.10. The van der Waals surface area contributed by atoms with E-state index in [9.17, 15) is 4.79 Å². The van der Waals surface area contributed by atoms with Crippen LogP contribution in [0, 0.1) is 0 Å². The molecule has 1 rings (SSSR count). The molecular formula is C12H18ClN3O2. The van der Waals surface area contributed by atoms with Gasteiger partial charge in [0.05, 0.1) is 23.0 Å². The highest BCUT2D eigenvalue weighted by Gasteiger charge is 2.11. The molecule has 0 fully saturated rings. The minimum Gasteiger partial charge on any atom is -0.383 e. The van der Waals surface area contributed by atoms with Crippen molar-refractivity contribution in [2.75, 3.05) is 44.6 Å². The molecule has 1 aromatic carbocycles. The molecule has 0 unspecified atom stereocenters. The molecule has 0 aliphatic rings. The van der Waals surface area contributed by atoms with E-state index in [0.717, 1.165) is 5.69 Å². The molecule has 18 heavy (non-hydrogen) atoms. The Kier molecular flexibility index (Phi) is 5.74. The van der Waals surface area contributed by atoms with Crippen molar-refractivity contribution in [2.24, 2.45) is 0 Å². The molecule has 6 heteroatoms. The van der Waals surface area contributed by atoms with E-state index in [1.54, 1.807) is 25.3 Å². The molecule has 0 radical (unpaired) electrons. The molecule has 100 valence electrons. The average Bonchev–Trinajstić information content (AvgIpc) is 2.28. The Balaban J connectivity index is 2.72. The van der Waals surface area contributed by atoms with Crippen LogP contribution in [0.3, 0.4) is 0 Å². The largest absolute Gasteiger partial charge is 0.383 e. The molecule has 0 spiro atoms. The highest BCUT2D eigenvalue weighted by Crippen LogP contribution is 2.32. The highest BCUT2D eigenvalue weighted by molar-refractivity contribution is 6.34. The summed E-state index contributed by atoms with van der Waals surface area (Å²) in [6, 6.07) is 5.10. The lowest BCUT2D eigenvalue weighted by molar-refractivity contribution is 0.198. The molecule has 0 atom stereocenters. The van der Waals surface area contributed by atoms with Crippen LogP contribution in [0.15, 0.2) is 18.2 Å². The Bertz CT molecular complexity index is 410. The second-order valence-electron chi connectivity index (χ2n) is 3.90. The van der Waals surface area contributed by atoms with Crippen LogP contribution in [-0.4, -0.2) is 40.4 Å².